The Kier molecular flexibility index (Phi) is 36.1. The van der Waals surface area contributed by atoms with Gasteiger partial charge in [0.25, 0.3) is 0 Å². The fourth-order valence-corrected chi connectivity index (χ4v) is 0.118. The van der Waals surface area contributed by atoms with Gasteiger partial charge in [-0.3, -0.25) is 0 Å². The van der Waals surface area contributed by atoms with Crippen molar-refractivity contribution in [2.75, 3.05) is 0 Å². The Morgan fingerprint density at radius 2 is 2.00 bits per heavy atom. The van der Waals surface area contributed by atoms with E-state index in [0.717, 1.165) is 12.7 Å². The molecule has 0 aliphatic carbocycles. The number of hydrogen-bond donors (Lipinski definition) is 0. The first-order valence-electron chi connectivity index (χ1n) is 1.85. The van der Waals surface area contributed by atoms with Crippen LogP contribution in [-0.4, -0.2) is 29.3 Å². The molecule has 0 atom stereocenters. The Hall–Kier alpha value is 0.396. The fourth-order valence-electron chi connectivity index (χ4n) is 0.118. The minimum atomic E-state index is 0. The average Bonchev–Trinajstić information content (AvgIpc) is 1.41. The molecule has 0 aliphatic rings. The third-order valence-electron chi connectivity index (χ3n) is 0.407. The Morgan fingerprint density at radius 3 is 2.00 bits per heavy atom. The van der Waals surface area contributed by atoms with E-state index in [1.54, 1.807) is 0 Å². The van der Waals surface area contributed by atoms with Crippen LogP contribution in [0.25, 0.3) is 0 Å². The first-order chi connectivity index (χ1) is 2.41. The molecular weight excluding hydrogens is 104 g/mol. The quantitative estimate of drug-likeness (QED) is 0.379. The van der Waals surface area contributed by atoms with Gasteiger partial charge in [0.1, 0.15) is 6.29 Å². The summed E-state index contributed by atoms with van der Waals surface area (Å²) in [7, 11) is 0. The number of unbranched alkanes of at least 4 members (excludes halogenated alkanes) is 1. The molecule has 0 bridgehead atoms. The van der Waals surface area contributed by atoms with E-state index in [1.807, 2.05) is 6.92 Å². The van der Waals surface area contributed by atoms with Gasteiger partial charge in [-0.05, 0) is 6.42 Å². The van der Waals surface area contributed by atoms with Gasteiger partial charge in [-0.2, -0.15) is 0 Å². The van der Waals surface area contributed by atoms with E-state index in [-0.39, 0.29) is 28.5 Å². The summed E-state index contributed by atoms with van der Waals surface area (Å²) in [6, 6.07) is 0. The van der Waals surface area contributed by atoms with E-state index in [4.69, 9.17) is 0 Å². The van der Waals surface area contributed by atoms with Crippen LogP contribution >= 0.6 is 0 Å². The molecular formula is C4H8MgO2. The van der Waals surface area contributed by atoms with Crippen molar-refractivity contribution in [3.63, 3.8) is 0 Å². The molecule has 0 amide bonds. The predicted molar refractivity (Wildman–Crippen MR) is 27.4 cm³/mol. The Morgan fingerprint density at radius 1 is 1.57 bits per heavy atom. The zero-order valence-electron chi connectivity index (χ0n) is 4.52. The van der Waals surface area contributed by atoms with Crippen LogP contribution in [0.3, 0.4) is 0 Å². The topological polar surface area (TPSA) is 45.6 Å². The Labute approximate surface area is 59.7 Å². The maximum Gasteiger partial charge on any atom is 2.00 e. The summed E-state index contributed by atoms with van der Waals surface area (Å²) in [5.74, 6) is 0. The van der Waals surface area contributed by atoms with Crippen molar-refractivity contribution < 1.29 is 10.3 Å². The first kappa shape index (κ1) is 15.7. The third kappa shape index (κ3) is 21.5. The molecule has 0 heterocycles. The summed E-state index contributed by atoms with van der Waals surface area (Å²) in [4.78, 5) is 9.40. The molecule has 0 radical (unpaired) electrons. The van der Waals surface area contributed by atoms with Gasteiger partial charge in [0.15, 0.2) is 0 Å². The summed E-state index contributed by atoms with van der Waals surface area (Å²) in [5.41, 5.74) is 0. The molecule has 0 aliphatic heterocycles. The molecule has 2 nitrogen and oxygen atoms in total. The molecule has 0 aromatic rings. The third-order valence-corrected chi connectivity index (χ3v) is 0.407. The van der Waals surface area contributed by atoms with Gasteiger partial charge in [-0.15, -0.1) is 0 Å². The molecule has 0 aromatic carbocycles. The summed E-state index contributed by atoms with van der Waals surface area (Å²) < 4.78 is 0. The van der Waals surface area contributed by atoms with E-state index >= 15 is 0 Å². The minimum Gasteiger partial charge on any atom is -2.00 e. The molecule has 0 saturated carbocycles. The fraction of sp³-hybridized carbons (Fsp3) is 0.750. The first-order valence-corrected chi connectivity index (χ1v) is 1.85. The van der Waals surface area contributed by atoms with Gasteiger partial charge in [0.2, 0.25) is 0 Å². The number of rotatable bonds is 2. The van der Waals surface area contributed by atoms with E-state index in [1.165, 1.54) is 0 Å². The van der Waals surface area contributed by atoms with Gasteiger partial charge in [-0.1, -0.05) is 6.92 Å². The van der Waals surface area contributed by atoms with Crippen molar-refractivity contribution in [1.82, 2.24) is 0 Å². The maximum absolute atomic E-state index is 9.40. The van der Waals surface area contributed by atoms with Crippen LogP contribution in [0, 0.1) is 0 Å². The molecule has 0 unspecified atom stereocenters. The van der Waals surface area contributed by atoms with Crippen molar-refractivity contribution in [2.24, 2.45) is 0 Å². The van der Waals surface area contributed by atoms with Crippen molar-refractivity contribution in [2.45, 2.75) is 19.8 Å². The Bertz CT molecular complexity index is 30.9. The molecule has 38 valence electrons. The van der Waals surface area contributed by atoms with E-state index in [0.29, 0.717) is 6.42 Å². The zero-order valence-corrected chi connectivity index (χ0v) is 5.93. The molecule has 7 heavy (non-hydrogen) atoms. The number of carbonyl (C=O) groups is 1. The molecule has 0 saturated heterocycles. The monoisotopic (exact) mass is 112 g/mol. The Balaban J connectivity index is -0.0000000800. The normalized spacial score (nSPS) is 5.29. The van der Waals surface area contributed by atoms with Gasteiger partial charge in [-0.25, -0.2) is 0 Å². The van der Waals surface area contributed by atoms with Crippen LogP contribution in [0.2, 0.25) is 0 Å². The van der Waals surface area contributed by atoms with Crippen LogP contribution in [0.15, 0.2) is 0 Å². The second-order valence-corrected chi connectivity index (χ2v) is 0.955. The van der Waals surface area contributed by atoms with E-state index in [9.17, 15) is 4.79 Å². The molecule has 0 rings (SSSR count). The number of carbonyl (C=O) groups excluding carboxylic acids is 1. The minimum absolute atomic E-state index is 0. The molecule has 0 spiro atoms. The van der Waals surface area contributed by atoms with Crippen molar-refractivity contribution in [3.05, 3.63) is 0 Å². The van der Waals surface area contributed by atoms with Gasteiger partial charge in [0, 0.05) is 6.42 Å². The summed E-state index contributed by atoms with van der Waals surface area (Å²) >= 11 is 0. The van der Waals surface area contributed by atoms with Crippen LogP contribution in [0.4, 0.5) is 0 Å². The number of aldehydes is 1. The van der Waals surface area contributed by atoms with Crippen LogP contribution in [0.5, 0.6) is 0 Å². The van der Waals surface area contributed by atoms with Gasteiger partial charge < -0.3 is 10.3 Å². The molecule has 0 aromatic heterocycles. The molecule has 0 fully saturated rings. The summed E-state index contributed by atoms with van der Waals surface area (Å²) in [6.07, 6.45) is 2.61. The number of hydrogen-bond acceptors (Lipinski definition) is 1. The SMILES string of the molecule is CCCC=O.[Mg+2].[O-2]. The molecule has 3 heteroatoms. The van der Waals surface area contributed by atoms with Crippen LogP contribution < -0.4 is 0 Å². The molecule has 0 N–H and O–H groups in total. The summed E-state index contributed by atoms with van der Waals surface area (Å²) in [5, 5.41) is 0. The van der Waals surface area contributed by atoms with Crippen LogP contribution in [-0.2, 0) is 10.3 Å². The average molecular weight is 112 g/mol. The van der Waals surface area contributed by atoms with Gasteiger partial charge >= 0.3 is 23.1 Å². The van der Waals surface area contributed by atoms with Crippen molar-refractivity contribution >= 4 is 29.3 Å². The second kappa shape index (κ2) is 16.1. The smallest absolute Gasteiger partial charge is 2.00 e. The standard InChI is InChI=1S/C4H8O.Mg.O/c1-2-3-4-5;;/h4H,2-3H2,1H3;;/q;+2;-2. The van der Waals surface area contributed by atoms with Gasteiger partial charge in [0.05, 0.1) is 0 Å². The second-order valence-electron chi connectivity index (χ2n) is 0.955. The predicted octanol–water partition coefficient (Wildman–Crippen LogP) is 0.486. The van der Waals surface area contributed by atoms with Crippen molar-refractivity contribution in [1.29, 1.82) is 0 Å². The van der Waals surface area contributed by atoms with E-state index in [2.05, 4.69) is 0 Å². The maximum atomic E-state index is 9.40. The largest absolute Gasteiger partial charge is 2.00 e. The van der Waals surface area contributed by atoms with Crippen LogP contribution in [0.1, 0.15) is 19.8 Å². The zero-order chi connectivity index (χ0) is 4.12. The van der Waals surface area contributed by atoms with E-state index < -0.39 is 0 Å². The summed E-state index contributed by atoms with van der Waals surface area (Å²) in [6.45, 7) is 1.98. The van der Waals surface area contributed by atoms with Crippen molar-refractivity contribution in [3.8, 4) is 0 Å².